The van der Waals surface area contributed by atoms with Gasteiger partial charge in [-0.3, -0.25) is 4.21 Å². The van der Waals surface area contributed by atoms with Crippen LogP contribution in [0.2, 0.25) is 4.34 Å². The van der Waals surface area contributed by atoms with Crippen LogP contribution in [-0.2, 0) is 17.3 Å². The van der Waals surface area contributed by atoms with Crippen LogP contribution in [0.25, 0.3) is 0 Å². The Bertz CT molecular complexity index is 367. The molecule has 0 saturated carbocycles. The second-order valence-corrected chi connectivity index (χ2v) is 8.13. The van der Waals surface area contributed by atoms with Crippen molar-refractivity contribution >= 4 is 49.7 Å². The van der Waals surface area contributed by atoms with Crippen molar-refractivity contribution in [1.29, 1.82) is 0 Å². The summed E-state index contributed by atoms with van der Waals surface area (Å²) < 4.78 is 13.0. The number of thiophene rings is 1. The highest BCUT2D eigenvalue weighted by Gasteiger charge is 2.17. The molecule has 16 heavy (non-hydrogen) atoms. The summed E-state index contributed by atoms with van der Waals surface area (Å²) in [6, 6.07) is 2.57. The van der Waals surface area contributed by atoms with Crippen LogP contribution in [0.4, 0.5) is 0 Å². The van der Waals surface area contributed by atoms with E-state index in [1.165, 1.54) is 4.88 Å². The molecule has 1 aromatic heterocycles. The summed E-state index contributed by atoms with van der Waals surface area (Å²) in [4.78, 5) is 1.24. The Morgan fingerprint density at radius 1 is 1.56 bits per heavy atom. The lowest BCUT2D eigenvalue weighted by Gasteiger charge is -2.22. The minimum Gasteiger partial charge on any atom is -0.309 e. The van der Waals surface area contributed by atoms with Gasteiger partial charge in [-0.15, -0.1) is 11.3 Å². The van der Waals surface area contributed by atoms with E-state index in [0.29, 0.717) is 6.04 Å². The van der Waals surface area contributed by atoms with Gasteiger partial charge in [0.2, 0.25) is 0 Å². The third kappa shape index (κ3) is 3.53. The van der Waals surface area contributed by atoms with Crippen LogP contribution < -0.4 is 5.32 Å². The van der Waals surface area contributed by atoms with Gasteiger partial charge in [0.05, 0.1) is 0 Å². The van der Waals surface area contributed by atoms with Crippen LogP contribution in [0.3, 0.4) is 0 Å². The molecule has 1 saturated heterocycles. The van der Waals surface area contributed by atoms with Crippen LogP contribution in [0.1, 0.15) is 17.7 Å². The lowest BCUT2D eigenvalue weighted by atomic mass is 10.1. The molecule has 6 heteroatoms. The Hall–Kier alpha value is 0.580. The summed E-state index contributed by atoms with van der Waals surface area (Å²) in [5.74, 6) is 1.68. The lowest BCUT2D eigenvalue weighted by Crippen LogP contribution is -2.35. The average molecular weight is 343 g/mol. The number of halogens is 2. The number of hydrogen-bond donors (Lipinski definition) is 1. The molecule has 1 aromatic rings. The smallest absolute Gasteiger partial charge is 0.107 e. The van der Waals surface area contributed by atoms with Gasteiger partial charge >= 0.3 is 0 Å². The first kappa shape index (κ1) is 13.0. The fourth-order valence-corrected chi connectivity index (χ4v) is 4.76. The third-order valence-corrected chi connectivity index (χ3v) is 6.51. The van der Waals surface area contributed by atoms with Gasteiger partial charge in [0.25, 0.3) is 0 Å². The summed E-state index contributed by atoms with van der Waals surface area (Å²) >= 11 is 11.0. The van der Waals surface area contributed by atoms with Crippen LogP contribution in [0.5, 0.6) is 0 Å². The molecule has 0 spiro atoms. The summed E-state index contributed by atoms with van der Waals surface area (Å²) in [6.45, 7) is 0.854. The Kier molecular flexibility index (Phi) is 4.85. The van der Waals surface area contributed by atoms with Crippen molar-refractivity contribution < 1.29 is 4.21 Å². The first-order chi connectivity index (χ1) is 7.65. The standard InChI is InChI=1S/C10H13BrClNOS2/c11-9-5-8(15-10(9)12)6-13-7-1-3-16(14)4-2-7/h5,7,13H,1-4,6H2. The Morgan fingerprint density at radius 3 is 2.81 bits per heavy atom. The van der Waals surface area contributed by atoms with Crippen LogP contribution in [0.15, 0.2) is 10.5 Å². The normalized spacial score (nSPS) is 25.9. The van der Waals surface area contributed by atoms with E-state index in [0.717, 1.165) is 39.7 Å². The molecule has 1 N–H and O–H groups in total. The van der Waals surface area contributed by atoms with Crippen LogP contribution in [0, 0.1) is 0 Å². The van der Waals surface area contributed by atoms with E-state index in [4.69, 9.17) is 11.6 Å². The molecular formula is C10H13BrClNOS2. The summed E-state index contributed by atoms with van der Waals surface area (Å²) in [5.41, 5.74) is 0. The zero-order valence-corrected chi connectivity index (χ0v) is 12.6. The summed E-state index contributed by atoms with van der Waals surface area (Å²) in [7, 11) is -0.575. The summed E-state index contributed by atoms with van der Waals surface area (Å²) in [5, 5.41) is 3.50. The molecule has 0 unspecified atom stereocenters. The number of nitrogens with one attached hydrogen (secondary N) is 1. The lowest BCUT2D eigenvalue weighted by molar-refractivity contribution is 0.477. The molecule has 2 heterocycles. The molecule has 2 nitrogen and oxygen atoms in total. The molecule has 0 radical (unpaired) electrons. The van der Waals surface area contributed by atoms with E-state index >= 15 is 0 Å². The number of rotatable bonds is 3. The van der Waals surface area contributed by atoms with Crippen molar-refractivity contribution in [3.63, 3.8) is 0 Å². The molecule has 0 aromatic carbocycles. The molecule has 0 amide bonds. The van der Waals surface area contributed by atoms with E-state index in [2.05, 4.69) is 27.3 Å². The van der Waals surface area contributed by atoms with E-state index in [-0.39, 0.29) is 0 Å². The fourth-order valence-electron chi connectivity index (χ4n) is 1.72. The van der Waals surface area contributed by atoms with E-state index in [1.807, 2.05) is 0 Å². The fraction of sp³-hybridized carbons (Fsp3) is 0.600. The van der Waals surface area contributed by atoms with Crippen molar-refractivity contribution in [2.45, 2.75) is 25.4 Å². The van der Waals surface area contributed by atoms with Crippen molar-refractivity contribution in [1.82, 2.24) is 5.32 Å². The maximum absolute atomic E-state index is 11.2. The van der Waals surface area contributed by atoms with E-state index < -0.39 is 10.8 Å². The zero-order valence-electron chi connectivity index (χ0n) is 8.67. The second kappa shape index (κ2) is 5.96. The van der Waals surface area contributed by atoms with Crippen molar-refractivity contribution in [2.75, 3.05) is 11.5 Å². The molecule has 2 rings (SSSR count). The van der Waals surface area contributed by atoms with Crippen LogP contribution in [-0.4, -0.2) is 21.8 Å². The molecule has 0 atom stereocenters. The third-order valence-electron chi connectivity index (χ3n) is 2.65. The topological polar surface area (TPSA) is 29.1 Å². The van der Waals surface area contributed by atoms with Gasteiger partial charge in [0, 0.05) is 44.2 Å². The monoisotopic (exact) mass is 341 g/mol. The van der Waals surface area contributed by atoms with Gasteiger partial charge in [0.15, 0.2) is 0 Å². The molecule has 1 aliphatic rings. The van der Waals surface area contributed by atoms with Gasteiger partial charge in [-0.05, 0) is 34.8 Å². The highest BCUT2D eigenvalue weighted by Crippen LogP contribution is 2.31. The Morgan fingerprint density at radius 2 is 2.25 bits per heavy atom. The maximum atomic E-state index is 11.2. The first-order valence-corrected chi connectivity index (χ1v) is 8.65. The second-order valence-electron chi connectivity index (χ2n) is 3.84. The van der Waals surface area contributed by atoms with E-state index in [1.54, 1.807) is 11.3 Å². The van der Waals surface area contributed by atoms with E-state index in [9.17, 15) is 4.21 Å². The molecule has 1 aliphatic heterocycles. The number of hydrogen-bond acceptors (Lipinski definition) is 3. The quantitative estimate of drug-likeness (QED) is 0.914. The Labute approximate surface area is 115 Å². The molecular weight excluding hydrogens is 330 g/mol. The molecule has 0 bridgehead atoms. The first-order valence-electron chi connectivity index (χ1n) is 5.17. The highest BCUT2D eigenvalue weighted by molar-refractivity contribution is 9.10. The van der Waals surface area contributed by atoms with Gasteiger partial charge in [-0.2, -0.15) is 0 Å². The minimum atomic E-state index is -0.575. The average Bonchev–Trinajstić information content (AvgIpc) is 2.58. The van der Waals surface area contributed by atoms with Crippen molar-refractivity contribution in [3.05, 3.63) is 19.8 Å². The SMILES string of the molecule is O=S1CCC(NCc2cc(Br)c(Cl)s2)CC1. The minimum absolute atomic E-state index is 0.511. The molecule has 90 valence electrons. The molecule has 0 aliphatic carbocycles. The Balaban J connectivity index is 1.81. The highest BCUT2D eigenvalue weighted by atomic mass is 79.9. The van der Waals surface area contributed by atoms with Crippen LogP contribution >= 0.6 is 38.9 Å². The van der Waals surface area contributed by atoms with Gasteiger partial charge in [-0.1, -0.05) is 11.6 Å². The predicted molar refractivity (Wildman–Crippen MR) is 74.8 cm³/mol. The van der Waals surface area contributed by atoms with Gasteiger partial charge in [0.1, 0.15) is 4.34 Å². The van der Waals surface area contributed by atoms with Crippen molar-refractivity contribution in [3.8, 4) is 0 Å². The zero-order chi connectivity index (χ0) is 11.5. The summed E-state index contributed by atoms with van der Waals surface area (Å²) in [6.07, 6.45) is 2.04. The maximum Gasteiger partial charge on any atom is 0.107 e. The van der Waals surface area contributed by atoms with Gasteiger partial charge < -0.3 is 5.32 Å². The van der Waals surface area contributed by atoms with Crippen molar-refractivity contribution in [2.24, 2.45) is 0 Å². The largest absolute Gasteiger partial charge is 0.309 e. The predicted octanol–water partition coefficient (Wildman–Crippen LogP) is 3.16. The van der Waals surface area contributed by atoms with Gasteiger partial charge in [-0.25, -0.2) is 0 Å². The molecule has 1 fully saturated rings.